The third-order valence-electron chi connectivity index (χ3n) is 5.54. The van der Waals surface area contributed by atoms with Crippen molar-refractivity contribution >= 4 is 11.7 Å². The van der Waals surface area contributed by atoms with E-state index in [1.807, 2.05) is 35.2 Å². The van der Waals surface area contributed by atoms with Crippen molar-refractivity contribution in [1.82, 2.24) is 4.90 Å². The number of nitrogens with zero attached hydrogens (tertiary/aromatic N) is 2. The molecule has 6 nitrogen and oxygen atoms in total. The molecule has 2 N–H and O–H groups in total. The van der Waals surface area contributed by atoms with Crippen LogP contribution in [-0.4, -0.2) is 56.2 Å². The molecule has 0 saturated carbocycles. The molecule has 166 valence electrons. The Balaban J connectivity index is 1.37. The minimum Gasteiger partial charge on any atom is -0.488 e. The van der Waals surface area contributed by atoms with Crippen LogP contribution in [0.1, 0.15) is 11.1 Å². The van der Waals surface area contributed by atoms with Crippen molar-refractivity contribution in [2.75, 3.05) is 44.2 Å². The molecule has 0 aromatic heterocycles. The summed E-state index contributed by atoms with van der Waals surface area (Å²) in [4.78, 5) is 15.4. The second-order valence-electron chi connectivity index (χ2n) is 7.78. The van der Waals surface area contributed by atoms with Crippen LogP contribution in [-0.2, 0) is 22.6 Å². The highest BCUT2D eigenvalue weighted by Gasteiger charge is 2.33. The van der Waals surface area contributed by atoms with Crippen molar-refractivity contribution in [2.24, 2.45) is 5.73 Å². The third-order valence-corrected chi connectivity index (χ3v) is 5.54. The van der Waals surface area contributed by atoms with E-state index in [1.165, 1.54) is 4.90 Å². The monoisotopic (exact) mass is 435 g/mol. The van der Waals surface area contributed by atoms with Crippen LogP contribution in [0.5, 0.6) is 5.75 Å². The lowest BCUT2D eigenvalue weighted by Crippen LogP contribution is -2.49. The maximum Gasteiger partial charge on any atom is 0.320 e. The zero-order chi connectivity index (χ0) is 22.0. The number of anilines is 1. The van der Waals surface area contributed by atoms with Crippen LogP contribution in [0.2, 0.25) is 0 Å². The topological polar surface area (TPSA) is 68.0 Å². The number of piperazine rings is 1. The molecule has 2 aromatic carbocycles. The third kappa shape index (κ3) is 4.62. The van der Waals surface area contributed by atoms with Crippen LogP contribution in [0.3, 0.4) is 0 Å². The fourth-order valence-electron chi connectivity index (χ4n) is 3.89. The maximum atomic E-state index is 15.0. The van der Waals surface area contributed by atoms with Gasteiger partial charge in [-0.2, -0.15) is 0 Å². The summed E-state index contributed by atoms with van der Waals surface area (Å²) in [5.41, 5.74) is 6.02. The van der Waals surface area contributed by atoms with Crippen molar-refractivity contribution in [3.8, 4) is 5.75 Å². The van der Waals surface area contributed by atoms with Gasteiger partial charge in [0.1, 0.15) is 18.9 Å². The predicted molar refractivity (Wildman–Crippen MR) is 108 cm³/mol. The average Bonchev–Trinajstić information content (AvgIpc) is 2.78. The largest absolute Gasteiger partial charge is 0.488 e. The van der Waals surface area contributed by atoms with Crippen molar-refractivity contribution in [1.29, 1.82) is 0 Å². The van der Waals surface area contributed by atoms with Gasteiger partial charge in [0.2, 0.25) is 0 Å². The molecule has 0 radical (unpaired) electrons. The van der Waals surface area contributed by atoms with Gasteiger partial charge < -0.3 is 20.1 Å². The van der Waals surface area contributed by atoms with Gasteiger partial charge in [-0.25, -0.2) is 13.2 Å². The Kier molecular flexibility index (Phi) is 6.33. The smallest absolute Gasteiger partial charge is 0.320 e. The van der Waals surface area contributed by atoms with Crippen LogP contribution in [0.25, 0.3) is 0 Å². The summed E-state index contributed by atoms with van der Waals surface area (Å²) in [6.45, 7) is 1.54. The standard InChI is InChI=1S/C22H24F3N3O3/c23-18-16-10-15(26)13-31-22(16)20(25)21(19(18)24)28-8-6-27(7-9-28)11-17(29)30-12-14-4-2-1-3-5-14/h1-5,15H,6-13,26H2/t15-/m1/s1. The number of esters is 1. The molecule has 0 aliphatic carbocycles. The molecule has 1 atom stereocenters. The van der Waals surface area contributed by atoms with Crippen LogP contribution in [0.4, 0.5) is 18.9 Å². The molecule has 9 heteroatoms. The summed E-state index contributed by atoms with van der Waals surface area (Å²) in [5.74, 6) is -3.89. The fourth-order valence-corrected chi connectivity index (χ4v) is 3.89. The number of hydrogen-bond acceptors (Lipinski definition) is 6. The van der Waals surface area contributed by atoms with Gasteiger partial charge in [-0.3, -0.25) is 9.69 Å². The summed E-state index contributed by atoms with van der Waals surface area (Å²) in [7, 11) is 0. The minimum atomic E-state index is -1.23. The SMILES string of the molecule is N[C@H]1COc2c(F)c(N3CCN(CC(=O)OCc4ccccc4)CC3)c(F)c(F)c2C1. The molecular weight excluding hydrogens is 411 g/mol. The van der Waals surface area contributed by atoms with Crippen molar-refractivity contribution in [3.63, 3.8) is 0 Å². The summed E-state index contributed by atoms with van der Waals surface area (Å²) in [6.07, 6.45) is 0.0220. The molecule has 2 heterocycles. The highest BCUT2D eigenvalue weighted by Crippen LogP contribution is 2.39. The van der Waals surface area contributed by atoms with Gasteiger partial charge in [0.05, 0.1) is 6.54 Å². The number of nitrogens with two attached hydrogens (primary N) is 1. The van der Waals surface area contributed by atoms with E-state index in [0.717, 1.165) is 5.56 Å². The van der Waals surface area contributed by atoms with Crippen molar-refractivity contribution in [2.45, 2.75) is 19.1 Å². The zero-order valence-corrected chi connectivity index (χ0v) is 17.0. The molecule has 2 aliphatic rings. The number of ether oxygens (including phenoxy) is 2. The molecule has 1 saturated heterocycles. The van der Waals surface area contributed by atoms with Gasteiger partial charge in [-0.05, 0) is 12.0 Å². The zero-order valence-electron chi connectivity index (χ0n) is 17.0. The van der Waals surface area contributed by atoms with Gasteiger partial charge >= 0.3 is 5.97 Å². The Morgan fingerprint density at radius 3 is 2.48 bits per heavy atom. The van der Waals surface area contributed by atoms with Gasteiger partial charge in [-0.15, -0.1) is 0 Å². The molecule has 2 aliphatic heterocycles. The van der Waals surface area contributed by atoms with Gasteiger partial charge in [-0.1, -0.05) is 30.3 Å². The summed E-state index contributed by atoms with van der Waals surface area (Å²) in [5, 5.41) is 0. The molecule has 1 fully saturated rings. The molecule has 4 rings (SSSR count). The Morgan fingerprint density at radius 1 is 1.06 bits per heavy atom. The van der Waals surface area contributed by atoms with Crippen LogP contribution in [0.15, 0.2) is 30.3 Å². The van der Waals surface area contributed by atoms with Gasteiger partial charge in [0.15, 0.2) is 23.2 Å². The normalized spacial score (nSPS) is 19.0. The van der Waals surface area contributed by atoms with E-state index in [1.54, 1.807) is 0 Å². The molecule has 0 amide bonds. The molecule has 0 spiro atoms. The van der Waals surface area contributed by atoms with E-state index < -0.39 is 29.2 Å². The first-order chi connectivity index (χ1) is 14.9. The summed E-state index contributed by atoms with van der Waals surface area (Å²) >= 11 is 0. The molecular formula is C22H24F3N3O3. The Morgan fingerprint density at radius 2 is 1.77 bits per heavy atom. The van der Waals surface area contributed by atoms with Crippen molar-refractivity contribution < 1.29 is 27.4 Å². The van der Waals surface area contributed by atoms with Gasteiger partial charge in [0, 0.05) is 37.8 Å². The fraction of sp³-hybridized carbons (Fsp3) is 0.409. The number of carbonyl (C=O) groups excluding carboxylic acids is 1. The van der Waals surface area contributed by atoms with Crippen LogP contribution < -0.4 is 15.4 Å². The highest BCUT2D eigenvalue weighted by atomic mass is 19.2. The van der Waals surface area contributed by atoms with E-state index >= 15 is 0 Å². The number of fused-ring (bicyclic) bond motifs is 1. The number of rotatable bonds is 5. The van der Waals surface area contributed by atoms with Gasteiger partial charge in [0.25, 0.3) is 0 Å². The second-order valence-corrected chi connectivity index (χ2v) is 7.78. The van der Waals surface area contributed by atoms with Crippen molar-refractivity contribution in [3.05, 3.63) is 58.9 Å². The number of carbonyl (C=O) groups is 1. The second kappa shape index (κ2) is 9.15. The highest BCUT2D eigenvalue weighted by molar-refractivity contribution is 5.71. The number of halogens is 3. The predicted octanol–water partition coefficient (Wildman–Crippen LogP) is 2.23. The first kappa shape index (κ1) is 21.5. The van der Waals surface area contributed by atoms with Crippen LogP contribution >= 0.6 is 0 Å². The Hall–Kier alpha value is -2.78. The lowest BCUT2D eigenvalue weighted by Gasteiger charge is -2.36. The lowest BCUT2D eigenvalue weighted by atomic mass is 10.0. The summed E-state index contributed by atoms with van der Waals surface area (Å²) in [6, 6.07) is 8.84. The summed E-state index contributed by atoms with van der Waals surface area (Å²) < 4.78 is 54.8. The Labute approximate surface area is 178 Å². The number of hydrogen-bond donors (Lipinski definition) is 1. The molecule has 0 unspecified atom stereocenters. The van der Waals surface area contributed by atoms with E-state index in [0.29, 0.717) is 13.1 Å². The van der Waals surface area contributed by atoms with E-state index in [9.17, 15) is 18.0 Å². The van der Waals surface area contributed by atoms with E-state index in [2.05, 4.69) is 0 Å². The Bertz CT molecular complexity index is 950. The maximum absolute atomic E-state index is 15.0. The molecule has 2 aromatic rings. The average molecular weight is 435 g/mol. The molecule has 0 bridgehead atoms. The quantitative estimate of drug-likeness (QED) is 0.574. The van der Waals surface area contributed by atoms with E-state index in [-0.39, 0.29) is 56.6 Å². The van der Waals surface area contributed by atoms with Crippen LogP contribution in [0, 0.1) is 17.5 Å². The number of benzene rings is 2. The lowest BCUT2D eigenvalue weighted by molar-refractivity contribution is -0.146. The van der Waals surface area contributed by atoms with E-state index in [4.69, 9.17) is 15.2 Å². The first-order valence-electron chi connectivity index (χ1n) is 10.2. The molecule has 31 heavy (non-hydrogen) atoms. The first-order valence-corrected chi connectivity index (χ1v) is 10.2. The minimum absolute atomic E-state index is 0.0220.